The molecule has 0 aromatic carbocycles. The lowest BCUT2D eigenvalue weighted by Gasteiger charge is -2.16. The maximum absolute atomic E-state index is 5.62. The first kappa shape index (κ1) is 15.2. The molecule has 0 aliphatic rings. The van der Waals surface area contributed by atoms with Gasteiger partial charge in [-0.25, -0.2) is 4.98 Å². The molecule has 0 fully saturated rings. The Morgan fingerprint density at radius 3 is 2.85 bits per heavy atom. The molecule has 0 amide bonds. The zero-order chi connectivity index (χ0) is 14.5. The van der Waals surface area contributed by atoms with E-state index in [2.05, 4.69) is 49.1 Å². The third-order valence-corrected chi connectivity index (χ3v) is 4.13. The van der Waals surface area contributed by atoms with E-state index >= 15 is 0 Å². The normalized spacial score (nSPS) is 11.7. The Morgan fingerprint density at radius 2 is 2.20 bits per heavy atom. The number of aromatic nitrogens is 1. The van der Waals surface area contributed by atoms with Crippen LogP contribution in [0.5, 0.6) is 0 Å². The van der Waals surface area contributed by atoms with E-state index in [9.17, 15) is 0 Å². The molecule has 2 rings (SSSR count). The van der Waals surface area contributed by atoms with Crippen LogP contribution in [0.4, 0.5) is 0 Å². The molecular weight excluding hydrogens is 270 g/mol. The smallest absolute Gasteiger partial charge is 0.122 e. The molecule has 0 bridgehead atoms. The molecule has 1 N–H and O–H groups in total. The molecule has 0 aliphatic heterocycles. The third-order valence-electron chi connectivity index (χ3n) is 3.21. The first-order valence-electron chi connectivity index (χ1n) is 6.92. The Balaban J connectivity index is 1.92. The van der Waals surface area contributed by atoms with E-state index in [0.29, 0.717) is 6.04 Å². The second-order valence-electron chi connectivity index (χ2n) is 5.44. The average molecular weight is 293 g/mol. The van der Waals surface area contributed by atoms with Gasteiger partial charge in [-0.1, -0.05) is 13.8 Å². The van der Waals surface area contributed by atoms with Crippen LogP contribution in [-0.2, 0) is 19.6 Å². The van der Waals surface area contributed by atoms with Crippen LogP contribution in [-0.4, -0.2) is 23.0 Å². The molecule has 2 aromatic heterocycles. The van der Waals surface area contributed by atoms with Crippen molar-refractivity contribution in [3.63, 3.8) is 0 Å². The number of hydrogen-bond acceptors (Lipinski definition) is 5. The number of aryl methyl sites for hydroxylation is 1. The highest BCUT2D eigenvalue weighted by atomic mass is 32.1. The van der Waals surface area contributed by atoms with E-state index in [1.165, 1.54) is 10.4 Å². The fourth-order valence-corrected chi connectivity index (χ4v) is 2.86. The molecule has 110 valence electrons. The van der Waals surface area contributed by atoms with Gasteiger partial charge in [0.2, 0.25) is 0 Å². The van der Waals surface area contributed by atoms with E-state index in [4.69, 9.17) is 4.42 Å². The number of furan rings is 1. The summed E-state index contributed by atoms with van der Waals surface area (Å²) in [5.41, 5.74) is 4.28. The standard InChI is InChI=1S/C15H23N3OS/c1-11(2)16-7-13-5-6-19-14(13)8-18(4)9-15-12(3)17-10-20-15/h5-6,10-11,16H,7-9H2,1-4H3. The predicted molar refractivity (Wildman–Crippen MR) is 82.7 cm³/mol. The van der Waals surface area contributed by atoms with Crippen LogP contribution in [0.15, 0.2) is 22.3 Å². The molecule has 4 nitrogen and oxygen atoms in total. The molecule has 20 heavy (non-hydrogen) atoms. The molecular formula is C15H23N3OS. The van der Waals surface area contributed by atoms with Gasteiger partial charge >= 0.3 is 0 Å². The van der Waals surface area contributed by atoms with Crippen molar-refractivity contribution in [2.45, 2.75) is 46.4 Å². The highest BCUT2D eigenvalue weighted by molar-refractivity contribution is 7.09. The summed E-state index contributed by atoms with van der Waals surface area (Å²) < 4.78 is 5.62. The summed E-state index contributed by atoms with van der Waals surface area (Å²) in [5, 5.41) is 3.43. The zero-order valence-corrected chi connectivity index (χ0v) is 13.5. The number of nitrogens with zero attached hydrogens (tertiary/aromatic N) is 2. The first-order chi connectivity index (χ1) is 9.56. The highest BCUT2D eigenvalue weighted by Gasteiger charge is 2.11. The van der Waals surface area contributed by atoms with Crippen LogP contribution in [0.3, 0.4) is 0 Å². The number of rotatable bonds is 7. The third kappa shape index (κ3) is 4.16. The fraction of sp³-hybridized carbons (Fsp3) is 0.533. The van der Waals surface area contributed by atoms with Crippen LogP contribution >= 0.6 is 11.3 Å². The van der Waals surface area contributed by atoms with Gasteiger partial charge in [-0.05, 0) is 20.0 Å². The lowest BCUT2D eigenvalue weighted by molar-refractivity contribution is 0.287. The van der Waals surface area contributed by atoms with Crippen molar-refractivity contribution in [1.82, 2.24) is 15.2 Å². The molecule has 2 aromatic rings. The van der Waals surface area contributed by atoms with Gasteiger partial charge in [-0.2, -0.15) is 0 Å². The van der Waals surface area contributed by atoms with E-state index in [-0.39, 0.29) is 0 Å². The Hall–Kier alpha value is -1.17. The molecule has 0 saturated carbocycles. The van der Waals surface area contributed by atoms with Crippen LogP contribution in [0.25, 0.3) is 0 Å². The average Bonchev–Trinajstić information content (AvgIpc) is 2.97. The van der Waals surface area contributed by atoms with Crippen molar-refractivity contribution in [2.24, 2.45) is 0 Å². The van der Waals surface area contributed by atoms with E-state index in [1.807, 2.05) is 5.51 Å². The number of hydrogen-bond donors (Lipinski definition) is 1. The van der Waals surface area contributed by atoms with Gasteiger partial charge in [0.1, 0.15) is 5.76 Å². The molecule has 0 unspecified atom stereocenters. The van der Waals surface area contributed by atoms with Gasteiger partial charge in [0.15, 0.2) is 0 Å². The van der Waals surface area contributed by atoms with Crippen molar-refractivity contribution in [3.05, 3.63) is 39.7 Å². The minimum atomic E-state index is 0.482. The summed E-state index contributed by atoms with van der Waals surface area (Å²) in [4.78, 5) is 7.87. The zero-order valence-electron chi connectivity index (χ0n) is 12.6. The summed E-state index contributed by atoms with van der Waals surface area (Å²) in [6.45, 7) is 8.95. The van der Waals surface area contributed by atoms with E-state index in [1.54, 1.807) is 17.6 Å². The maximum atomic E-state index is 5.62. The molecule has 2 heterocycles. The first-order valence-corrected chi connectivity index (χ1v) is 7.80. The van der Waals surface area contributed by atoms with Crippen molar-refractivity contribution < 1.29 is 4.42 Å². The molecule has 0 spiro atoms. The Kier molecular flexibility index (Phi) is 5.34. The predicted octanol–water partition coefficient (Wildman–Crippen LogP) is 3.17. The minimum absolute atomic E-state index is 0.482. The van der Waals surface area contributed by atoms with Gasteiger partial charge in [-0.3, -0.25) is 4.90 Å². The monoisotopic (exact) mass is 293 g/mol. The second-order valence-corrected chi connectivity index (χ2v) is 6.38. The van der Waals surface area contributed by atoms with Crippen molar-refractivity contribution >= 4 is 11.3 Å². The summed E-state index contributed by atoms with van der Waals surface area (Å²) >= 11 is 1.71. The van der Waals surface area contributed by atoms with Crippen molar-refractivity contribution in [2.75, 3.05) is 7.05 Å². The summed E-state index contributed by atoms with van der Waals surface area (Å²) in [6, 6.07) is 2.53. The summed E-state index contributed by atoms with van der Waals surface area (Å²) in [7, 11) is 2.11. The largest absolute Gasteiger partial charge is 0.468 e. The van der Waals surface area contributed by atoms with Crippen LogP contribution < -0.4 is 5.32 Å². The van der Waals surface area contributed by atoms with E-state index < -0.39 is 0 Å². The fourth-order valence-electron chi connectivity index (χ4n) is 2.00. The highest BCUT2D eigenvalue weighted by Crippen LogP contribution is 2.18. The lowest BCUT2D eigenvalue weighted by Crippen LogP contribution is -2.23. The van der Waals surface area contributed by atoms with Crippen molar-refractivity contribution in [1.29, 1.82) is 0 Å². The quantitative estimate of drug-likeness (QED) is 0.851. The SMILES string of the molecule is Cc1ncsc1CN(C)Cc1occc1CNC(C)C. The minimum Gasteiger partial charge on any atom is -0.468 e. The molecule has 0 saturated heterocycles. The van der Waals surface area contributed by atoms with Crippen LogP contribution in [0, 0.1) is 6.92 Å². The molecule has 0 aliphatic carbocycles. The van der Waals surface area contributed by atoms with Crippen LogP contribution in [0.1, 0.15) is 35.7 Å². The molecule has 5 heteroatoms. The van der Waals surface area contributed by atoms with Crippen LogP contribution in [0.2, 0.25) is 0 Å². The van der Waals surface area contributed by atoms with Gasteiger partial charge in [0.25, 0.3) is 0 Å². The Labute approximate surface area is 124 Å². The van der Waals surface area contributed by atoms with Crippen molar-refractivity contribution in [3.8, 4) is 0 Å². The Morgan fingerprint density at radius 1 is 1.40 bits per heavy atom. The summed E-state index contributed by atoms with van der Waals surface area (Å²) in [5.74, 6) is 1.04. The van der Waals surface area contributed by atoms with Gasteiger partial charge in [-0.15, -0.1) is 11.3 Å². The molecule has 0 radical (unpaired) electrons. The number of thiazole rings is 1. The molecule has 0 atom stereocenters. The maximum Gasteiger partial charge on any atom is 0.122 e. The Bertz CT molecular complexity index is 533. The summed E-state index contributed by atoms with van der Waals surface area (Å²) in [6.07, 6.45) is 1.78. The van der Waals surface area contributed by atoms with E-state index in [0.717, 1.165) is 31.1 Å². The van der Waals surface area contributed by atoms with Gasteiger partial charge < -0.3 is 9.73 Å². The van der Waals surface area contributed by atoms with Gasteiger partial charge in [0.05, 0.1) is 24.0 Å². The second kappa shape index (κ2) is 7.02. The lowest BCUT2D eigenvalue weighted by atomic mass is 10.2. The topological polar surface area (TPSA) is 41.3 Å². The van der Waals surface area contributed by atoms with Gasteiger partial charge in [0, 0.05) is 29.6 Å². The number of nitrogens with one attached hydrogen (secondary N) is 1.